The lowest BCUT2D eigenvalue weighted by Gasteiger charge is -2.41. The Kier molecular flexibility index (Phi) is 1.24. The molecule has 1 rings (SSSR count). The first kappa shape index (κ1) is 6.55. The van der Waals surface area contributed by atoms with Crippen molar-refractivity contribution in [1.29, 1.82) is 0 Å². The first-order valence-corrected chi connectivity index (χ1v) is 3.02. The minimum absolute atomic E-state index is 0.0447. The van der Waals surface area contributed by atoms with Gasteiger partial charge < -0.3 is 5.11 Å². The molecule has 0 saturated carbocycles. The largest absolute Gasteiger partial charge is 0.480 e. The Labute approximate surface area is 54.1 Å². The zero-order valence-electron chi connectivity index (χ0n) is 5.64. The second-order valence-corrected chi connectivity index (χ2v) is 3.12. The van der Waals surface area contributed by atoms with Gasteiger partial charge in [0.2, 0.25) is 0 Å². The Morgan fingerprint density at radius 3 is 2.33 bits per heavy atom. The molecular formula is C6H11NO2. The van der Waals surface area contributed by atoms with Gasteiger partial charge in [0.15, 0.2) is 0 Å². The Balaban J connectivity index is 2.35. The monoisotopic (exact) mass is 129 g/mol. The third-order valence-corrected chi connectivity index (χ3v) is 1.58. The minimum atomic E-state index is -0.741. The Morgan fingerprint density at radius 1 is 1.78 bits per heavy atom. The van der Waals surface area contributed by atoms with E-state index in [-0.39, 0.29) is 11.6 Å². The van der Waals surface area contributed by atoms with Crippen molar-refractivity contribution in [1.82, 2.24) is 5.32 Å². The molecular weight excluding hydrogens is 118 g/mol. The van der Waals surface area contributed by atoms with Crippen LogP contribution >= 0.6 is 0 Å². The van der Waals surface area contributed by atoms with Gasteiger partial charge in [0.05, 0.1) is 0 Å². The maximum Gasteiger partial charge on any atom is 0.320 e. The lowest BCUT2D eigenvalue weighted by Crippen LogP contribution is -2.62. The van der Waals surface area contributed by atoms with Crippen molar-refractivity contribution in [2.24, 2.45) is 0 Å². The highest BCUT2D eigenvalue weighted by atomic mass is 16.4. The average Bonchev–Trinajstić information content (AvgIpc) is 1.59. The van der Waals surface area contributed by atoms with E-state index in [1.807, 2.05) is 13.8 Å². The van der Waals surface area contributed by atoms with Gasteiger partial charge >= 0.3 is 5.97 Å². The number of carboxylic acid groups (broad SMARTS) is 1. The molecule has 52 valence electrons. The van der Waals surface area contributed by atoms with Crippen LogP contribution in [0.15, 0.2) is 0 Å². The molecule has 0 aromatic heterocycles. The van der Waals surface area contributed by atoms with Crippen LogP contribution in [0.4, 0.5) is 0 Å². The van der Waals surface area contributed by atoms with Crippen LogP contribution in [0.2, 0.25) is 0 Å². The van der Waals surface area contributed by atoms with E-state index in [1.54, 1.807) is 0 Å². The van der Waals surface area contributed by atoms with Crippen LogP contribution in [0.5, 0.6) is 0 Å². The number of carboxylic acids is 1. The number of hydrogen-bond acceptors (Lipinski definition) is 2. The van der Waals surface area contributed by atoms with E-state index < -0.39 is 5.97 Å². The summed E-state index contributed by atoms with van der Waals surface area (Å²) in [5, 5.41) is 11.3. The SMILES string of the molecule is CC1(C)C[C@@H](C(=O)O)N1. The van der Waals surface area contributed by atoms with Gasteiger partial charge in [0.25, 0.3) is 0 Å². The molecule has 3 heteroatoms. The van der Waals surface area contributed by atoms with E-state index in [0.717, 1.165) is 6.42 Å². The highest BCUT2D eigenvalue weighted by Crippen LogP contribution is 2.22. The zero-order chi connectivity index (χ0) is 7.07. The van der Waals surface area contributed by atoms with Gasteiger partial charge in [0, 0.05) is 5.54 Å². The van der Waals surface area contributed by atoms with Crippen molar-refractivity contribution in [2.45, 2.75) is 31.8 Å². The third-order valence-electron chi connectivity index (χ3n) is 1.58. The molecule has 0 radical (unpaired) electrons. The summed E-state index contributed by atoms with van der Waals surface area (Å²) in [4.78, 5) is 10.2. The maximum absolute atomic E-state index is 10.2. The zero-order valence-corrected chi connectivity index (χ0v) is 5.64. The molecule has 0 aliphatic carbocycles. The summed E-state index contributed by atoms with van der Waals surface area (Å²) in [6, 6.07) is -0.306. The smallest absolute Gasteiger partial charge is 0.320 e. The summed E-state index contributed by atoms with van der Waals surface area (Å²) in [5.41, 5.74) is 0.0447. The van der Waals surface area contributed by atoms with Crippen LogP contribution in [0.25, 0.3) is 0 Å². The summed E-state index contributed by atoms with van der Waals surface area (Å²) >= 11 is 0. The summed E-state index contributed by atoms with van der Waals surface area (Å²) in [5.74, 6) is -0.741. The summed E-state index contributed by atoms with van der Waals surface area (Å²) < 4.78 is 0. The van der Waals surface area contributed by atoms with Gasteiger partial charge in [-0.2, -0.15) is 0 Å². The molecule has 2 N–H and O–H groups in total. The molecule has 1 aliphatic rings. The van der Waals surface area contributed by atoms with Crippen molar-refractivity contribution < 1.29 is 9.90 Å². The van der Waals surface area contributed by atoms with E-state index >= 15 is 0 Å². The van der Waals surface area contributed by atoms with Crippen molar-refractivity contribution in [3.8, 4) is 0 Å². The Bertz CT molecular complexity index is 134. The highest BCUT2D eigenvalue weighted by molar-refractivity contribution is 5.75. The van der Waals surface area contributed by atoms with Crippen LogP contribution in [0.1, 0.15) is 20.3 Å². The van der Waals surface area contributed by atoms with Crippen molar-refractivity contribution >= 4 is 5.97 Å². The lowest BCUT2D eigenvalue weighted by atomic mass is 9.85. The topological polar surface area (TPSA) is 49.3 Å². The summed E-state index contributed by atoms with van der Waals surface area (Å²) in [6.45, 7) is 3.98. The van der Waals surface area contributed by atoms with E-state index in [0.29, 0.717) is 0 Å². The predicted molar refractivity (Wildman–Crippen MR) is 33.3 cm³/mol. The highest BCUT2D eigenvalue weighted by Gasteiger charge is 2.39. The maximum atomic E-state index is 10.2. The van der Waals surface area contributed by atoms with Crippen LogP contribution in [0.3, 0.4) is 0 Å². The second-order valence-electron chi connectivity index (χ2n) is 3.12. The fourth-order valence-electron chi connectivity index (χ4n) is 1.11. The summed E-state index contributed by atoms with van der Waals surface area (Å²) in [6.07, 6.45) is 0.738. The standard InChI is InChI=1S/C6H11NO2/c1-6(2)3-4(7-6)5(8)9/h4,7H,3H2,1-2H3,(H,8,9)/t4-/m0/s1. The van der Waals surface area contributed by atoms with Gasteiger partial charge in [-0.25, -0.2) is 0 Å². The van der Waals surface area contributed by atoms with E-state index in [2.05, 4.69) is 5.32 Å². The second kappa shape index (κ2) is 1.70. The van der Waals surface area contributed by atoms with Crippen LogP contribution < -0.4 is 5.32 Å². The number of hydrogen-bond donors (Lipinski definition) is 2. The molecule has 0 amide bonds. The van der Waals surface area contributed by atoms with Crippen molar-refractivity contribution in [3.63, 3.8) is 0 Å². The van der Waals surface area contributed by atoms with Crippen molar-refractivity contribution in [2.75, 3.05) is 0 Å². The minimum Gasteiger partial charge on any atom is -0.480 e. The molecule has 1 atom stereocenters. The van der Waals surface area contributed by atoms with Gasteiger partial charge in [-0.15, -0.1) is 0 Å². The number of aliphatic carboxylic acids is 1. The first-order chi connectivity index (χ1) is 4.01. The molecule has 1 aliphatic heterocycles. The normalized spacial score (nSPS) is 31.1. The number of nitrogens with one attached hydrogen (secondary N) is 1. The van der Waals surface area contributed by atoms with E-state index in [1.165, 1.54) is 0 Å². The Morgan fingerprint density at radius 2 is 2.22 bits per heavy atom. The predicted octanol–water partition coefficient (Wildman–Crippen LogP) is 0.212. The quantitative estimate of drug-likeness (QED) is 0.532. The molecule has 9 heavy (non-hydrogen) atoms. The van der Waals surface area contributed by atoms with Crippen LogP contribution in [-0.4, -0.2) is 22.7 Å². The van der Waals surface area contributed by atoms with Crippen molar-refractivity contribution in [3.05, 3.63) is 0 Å². The van der Waals surface area contributed by atoms with Gasteiger partial charge in [0.1, 0.15) is 6.04 Å². The first-order valence-electron chi connectivity index (χ1n) is 3.02. The van der Waals surface area contributed by atoms with Gasteiger partial charge in [-0.1, -0.05) is 0 Å². The lowest BCUT2D eigenvalue weighted by molar-refractivity contribution is -0.143. The van der Waals surface area contributed by atoms with Crippen LogP contribution in [-0.2, 0) is 4.79 Å². The third kappa shape index (κ3) is 1.21. The van der Waals surface area contributed by atoms with Gasteiger partial charge in [-0.05, 0) is 20.3 Å². The Hall–Kier alpha value is -0.570. The summed E-state index contributed by atoms with van der Waals surface area (Å²) in [7, 11) is 0. The fourth-order valence-corrected chi connectivity index (χ4v) is 1.11. The van der Waals surface area contributed by atoms with E-state index in [9.17, 15) is 4.79 Å². The van der Waals surface area contributed by atoms with E-state index in [4.69, 9.17) is 5.11 Å². The number of carbonyl (C=O) groups is 1. The average molecular weight is 129 g/mol. The number of rotatable bonds is 1. The molecule has 0 aromatic rings. The molecule has 0 unspecified atom stereocenters. The molecule has 1 saturated heterocycles. The molecule has 0 aromatic carbocycles. The molecule has 0 bridgehead atoms. The molecule has 0 spiro atoms. The molecule has 1 heterocycles. The fraction of sp³-hybridized carbons (Fsp3) is 0.833. The molecule has 3 nitrogen and oxygen atoms in total. The van der Waals surface area contributed by atoms with Crippen LogP contribution in [0, 0.1) is 0 Å². The van der Waals surface area contributed by atoms with Gasteiger partial charge in [-0.3, -0.25) is 10.1 Å². The molecule has 1 fully saturated rings.